The zero-order valence-corrected chi connectivity index (χ0v) is 14.8. The van der Waals surface area contributed by atoms with E-state index in [0.29, 0.717) is 0 Å². The quantitative estimate of drug-likeness (QED) is 0.256. The predicted molar refractivity (Wildman–Crippen MR) is 96.7 cm³/mol. The molecule has 2 aliphatic heterocycles. The Hall–Kier alpha value is -4.30. The Morgan fingerprint density at radius 2 is 1.53 bits per heavy atom. The van der Waals surface area contributed by atoms with E-state index in [4.69, 9.17) is 15.0 Å². The lowest BCUT2D eigenvalue weighted by Crippen LogP contribution is -2.33. The van der Waals surface area contributed by atoms with Gasteiger partial charge >= 0.3 is 5.97 Å². The van der Waals surface area contributed by atoms with Crippen molar-refractivity contribution >= 4 is 11.7 Å². The zero-order chi connectivity index (χ0) is 21.2. The van der Waals surface area contributed by atoms with Gasteiger partial charge in [0.25, 0.3) is 0 Å². The molecule has 3 aromatic rings. The number of hydrogen-bond acceptors (Lipinski definition) is 6. The molecule has 0 aromatic heterocycles. The summed E-state index contributed by atoms with van der Waals surface area (Å²) in [6.07, 6.45) is 0. The van der Waals surface area contributed by atoms with Crippen LogP contribution in [0.15, 0.2) is 47.6 Å². The fraction of sp³-hybridized carbons (Fsp3) is 0.0500. The van der Waals surface area contributed by atoms with Crippen molar-refractivity contribution in [2.75, 3.05) is 0 Å². The molecule has 0 fully saturated rings. The third-order valence-corrected chi connectivity index (χ3v) is 5.08. The molecule has 0 amide bonds. The highest BCUT2D eigenvalue weighted by Crippen LogP contribution is 2.57. The Labute approximate surface area is 166 Å². The highest BCUT2D eigenvalue weighted by Gasteiger charge is 2.54. The van der Waals surface area contributed by atoms with Crippen LogP contribution in [0.3, 0.4) is 0 Å². The second-order valence-electron chi connectivity index (χ2n) is 6.69. The number of esters is 1. The Balaban J connectivity index is 1.90. The number of benzene rings is 3. The topological polar surface area (TPSA) is 125 Å². The van der Waals surface area contributed by atoms with Crippen LogP contribution in [0.25, 0.3) is 10.4 Å². The fourth-order valence-corrected chi connectivity index (χ4v) is 3.84. The number of carbonyl (C=O) groups is 1. The molecule has 2 aliphatic rings. The molecule has 0 radical (unpaired) electrons. The molecule has 2 heterocycles. The zero-order valence-electron chi connectivity index (χ0n) is 14.8. The lowest BCUT2D eigenvalue weighted by molar-refractivity contribution is 0.0221. The second-order valence-corrected chi connectivity index (χ2v) is 6.69. The number of halogens is 2. The molecule has 5 rings (SSSR count). The maximum absolute atomic E-state index is 14.3. The Morgan fingerprint density at radius 1 is 0.933 bits per heavy atom. The van der Waals surface area contributed by atoms with Crippen molar-refractivity contribution in [3.05, 3.63) is 86.8 Å². The van der Waals surface area contributed by atoms with Gasteiger partial charge in [0.15, 0.2) is 28.7 Å². The second kappa shape index (κ2) is 5.85. The fourth-order valence-electron chi connectivity index (χ4n) is 3.84. The number of aromatic hydroxyl groups is 2. The molecule has 0 aliphatic carbocycles. The van der Waals surface area contributed by atoms with Gasteiger partial charge in [0, 0.05) is 28.3 Å². The van der Waals surface area contributed by atoms with Crippen molar-refractivity contribution < 1.29 is 33.3 Å². The summed E-state index contributed by atoms with van der Waals surface area (Å²) >= 11 is 0. The molecule has 0 bridgehead atoms. The highest BCUT2D eigenvalue weighted by atomic mass is 19.1. The van der Waals surface area contributed by atoms with E-state index in [2.05, 4.69) is 10.0 Å². The molecule has 8 nitrogen and oxygen atoms in total. The van der Waals surface area contributed by atoms with Crippen LogP contribution < -0.4 is 4.74 Å². The Morgan fingerprint density at radius 3 is 2.10 bits per heavy atom. The monoisotopic (exact) mass is 409 g/mol. The molecule has 0 unspecified atom stereocenters. The van der Waals surface area contributed by atoms with E-state index >= 15 is 0 Å². The maximum Gasteiger partial charge on any atom is 0.340 e. The van der Waals surface area contributed by atoms with E-state index in [0.717, 1.165) is 24.3 Å². The largest absolute Gasteiger partial charge is 0.505 e. The molecular formula is C20H9F2N3O5. The number of rotatable bonds is 1. The first-order valence-electron chi connectivity index (χ1n) is 8.52. The molecular weight excluding hydrogens is 400 g/mol. The molecule has 0 atom stereocenters. The first-order valence-corrected chi connectivity index (χ1v) is 8.52. The molecule has 3 aromatic carbocycles. The van der Waals surface area contributed by atoms with Crippen molar-refractivity contribution in [1.29, 1.82) is 0 Å². The smallest absolute Gasteiger partial charge is 0.340 e. The number of phenols is 2. The number of fused-ring (bicyclic) bond motifs is 6. The molecule has 30 heavy (non-hydrogen) atoms. The number of carbonyl (C=O) groups excluding carboxylic acids is 1. The van der Waals surface area contributed by atoms with Crippen molar-refractivity contribution in [3.63, 3.8) is 0 Å². The van der Waals surface area contributed by atoms with Gasteiger partial charge in [-0.15, -0.1) is 0 Å². The maximum atomic E-state index is 14.3. The number of ether oxygens (including phenoxy) is 2. The van der Waals surface area contributed by atoms with Gasteiger partial charge in [-0.2, -0.15) is 0 Å². The van der Waals surface area contributed by atoms with Crippen LogP contribution in [-0.4, -0.2) is 16.2 Å². The summed E-state index contributed by atoms with van der Waals surface area (Å²) in [5.74, 6) is -4.34. The van der Waals surface area contributed by atoms with Crippen LogP contribution in [-0.2, 0) is 10.3 Å². The minimum atomic E-state index is -1.81. The molecule has 0 saturated carbocycles. The lowest BCUT2D eigenvalue weighted by atomic mass is 9.77. The van der Waals surface area contributed by atoms with Gasteiger partial charge in [-0.1, -0.05) is 17.2 Å². The van der Waals surface area contributed by atoms with Gasteiger partial charge in [-0.25, -0.2) is 13.6 Å². The third kappa shape index (κ3) is 2.19. The van der Waals surface area contributed by atoms with E-state index in [1.807, 2.05) is 0 Å². The van der Waals surface area contributed by atoms with Crippen LogP contribution >= 0.6 is 0 Å². The van der Waals surface area contributed by atoms with Gasteiger partial charge < -0.3 is 19.7 Å². The molecule has 1 spiro atoms. The van der Waals surface area contributed by atoms with E-state index in [-0.39, 0.29) is 39.4 Å². The number of nitrogens with zero attached hydrogens (tertiary/aromatic N) is 3. The summed E-state index contributed by atoms with van der Waals surface area (Å²) in [6.45, 7) is 0. The normalized spacial score (nSPS) is 14.8. The summed E-state index contributed by atoms with van der Waals surface area (Å²) in [6, 6.07) is 8.02. The van der Waals surface area contributed by atoms with Crippen molar-refractivity contribution in [3.8, 4) is 23.0 Å². The standard InChI is InChI=1S/C20H9F2N3O5/c21-13-4-11-17(6-15(13)26)29-18-7-16(27)14(22)5-12(18)20(11)10-2-1-8(24-25-23)3-9(10)19(28)30-20/h1-7,26-27H. The van der Waals surface area contributed by atoms with Gasteiger partial charge in [0.2, 0.25) is 0 Å². The van der Waals surface area contributed by atoms with Gasteiger partial charge in [-0.05, 0) is 23.7 Å². The molecule has 0 saturated heterocycles. The van der Waals surface area contributed by atoms with E-state index in [1.54, 1.807) is 0 Å². The van der Waals surface area contributed by atoms with Gasteiger partial charge in [0.1, 0.15) is 11.5 Å². The molecule has 148 valence electrons. The van der Waals surface area contributed by atoms with Gasteiger partial charge in [0.05, 0.1) is 16.7 Å². The third-order valence-electron chi connectivity index (χ3n) is 5.08. The number of azide groups is 1. The average molecular weight is 409 g/mol. The summed E-state index contributed by atoms with van der Waals surface area (Å²) < 4.78 is 39.9. The predicted octanol–water partition coefficient (Wildman–Crippen LogP) is 4.89. The van der Waals surface area contributed by atoms with Gasteiger partial charge in [-0.3, -0.25) is 0 Å². The van der Waals surface area contributed by atoms with Crippen molar-refractivity contribution in [2.45, 2.75) is 5.60 Å². The minimum Gasteiger partial charge on any atom is -0.505 e. The SMILES string of the molecule is [N-]=[N+]=Nc1ccc2c(c1)C(=O)OC21c2cc(F)c(O)cc2Oc2cc(O)c(F)cc21. The first kappa shape index (κ1) is 17.8. The number of phenolic OH excluding ortho intramolecular Hbond substituents is 2. The van der Waals surface area contributed by atoms with Crippen molar-refractivity contribution in [1.82, 2.24) is 0 Å². The van der Waals surface area contributed by atoms with Crippen LogP contribution in [0.5, 0.6) is 23.0 Å². The van der Waals surface area contributed by atoms with Crippen molar-refractivity contribution in [2.24, 2.45) is 5.11 Å². The van der Waals surface area contributed by atoms with E-state index < -0.39 is 34.7 Å². The van der Waals surface area contributed by atoms with E-state index in [1.165, 1.54) is 18.2 Å². The summed E-state index contributed by atoms with van der Waals surface area (Å²) in [7, 11) is 0. The lowest BCUT2D eigenvalue weighted by Gasteiger charge is -2.36. The summed E-state index contributed by atoms with van der Waals surface area (Å²) in [5, 5.41) is 23.0. The van der Waals surface area contributed by atoms with E-state index in [9.17, 15) is 23.8 Å². The molecule has 10 heteroatoms. The summed E-state index contributed by atoms with van der Waals surface area (Å²) in [4.78, 5) is 15.4. The van der Waals surface area contributed by atoms with Crippen LogP contribution in [0.2, 0.25) is 0 Å². The van der Waals surface area contributed by atoms with Crippen LogP contribution in [0.1, 0.15) is 27.0 Å². The Bertz CT molecular complexity index is 1280. The molecule has 2 N–H and O–H groups in total. The van der Waals surface area contributed by atoms with Crippen LogP contribution in [0, 0.1) is 11.6 Å². The highest BCUT2D eigenvalue weighted by molar-refractivity contribution is 5.98. The number of hydrogen-bond donors (Lipinski definition) is 2. The van der Waals surface area contributed by atoms with Crippen LogP contribution in [0.4, 0.5) is 14.5 Å². The summed E-state index contributed by atoms with van der Waals surface area (Å²) in [5.41, 5.74) is 7.26. The Kier molecular flexibility index (Phi) is 3.47. The average Bonchev–Trinajstić information content (AvgIpc) is 2.99. The first-order chi connectivity index (χ1) is 14.3. The minimum absolute atomic E-state index is 0.0130.